The molecule has 136 valence electrons. The molecule has 26 heavy (non-hydrogen) atoms. The number of hydrogen-bond donors (Lipinski definition) is 1. The average molecular weight is 375 g/mol. The summed E-state index contributed by atoms with van der Waals surface area (Å²) < 4.78 is 23.7. The number of anilines is 2. The van der Waals surface area contributed by atoms with Crippen LogP contribution in [-0.4, -0.2) is 38.1 Å². The molecule has 0 aliphatic carbocycles. The Hall–Kier alpha value is -2.94. The minimum atomic E-state index is -3.76. The molecule has 1 aliphatic rings. The van der Waals surface area contributed by atoms with Gasteiger partial charge < -0.3 is 10.2 Å². The van der Waals surface area contributed by atoms with Gasteiger partial charge in [-0.3, -0.25) is 14.9 Å². The van der Waals surface area contributed by atoms with E-state index in [4.69, 9.17) is 0 Å². The minimum Gasteiger partial charge on any atom is -0.374 e. The second-order valence-electron chi connectivity index (χ2n) is 6.07. The third kappa shape index (κ3) is 3.52. The lowest BCUT2D eigenvalue weighted by atomic mass is 10.2. The molecule has 0 aromatic heterocycles. The van der Waals surface area contributed by atoms with Crippen LogP contribution in [0.15, 0.2) is 53.4 Å². The van der Waals surface area contributed by atoms with Gasteiger partial charge in [0.2, 0.25) is 5.91 Å². The minimum absolute atomic E-state index is 0.0886. The second kappa shape index (κ2) is 6.75. The predicted octanol–water partition coefficient (Wildman–Crippen LogP) is 2.22. The van der Waals surface area contributed by atoms with Gasteiger partial charge in [0.05, 0.1) is 11.0 Å². The molecule has 9 heteroatoms. The zero-order valence-corrected chi connectivity index (χ0v) is 14.8. The van der Waals surface area contributed by atoms with Crippen molar-refractivity contribution in [2.75, 3.05) is 23.0 Å². The Labute approximate surface area is 150 Å². The lowest BCUT2D eigenvalue weighted by Gasteiger charge is -2.18. The van der Waals surface area contributed by atoms with Crippen molar-refractivity contribution in [1.29, 1.82) is 0 Å². The summed E-state index contributed by atoms with van der Waals surface area (Å²) >= 11 is 0. The van der Waals surface area contributed by atoms with Gasteiger partial charge in [-0.2, -0.15) is 0 Å². The number of nitrogens with zero attached hydrogens (tertiary/aromatic N) is 2. The monoisotopic (exact) mass is 375 g/mol. The van der Waals surface area contributed by atoms with Crippen molar-refractivity contribution in [2.24, 2.45) is 0 Å². The van der Waals surface area contributed by atoms with E-state index >= 15 is 0 Å². The van der Waals surface area contributed by atoms with Crippen molar-refractivity contribution >= 4 is 32.8 Å². The number of nitrogens with one attached hydrogen (secondary N) is 1. The Morgan fingerprint density at radius 3 is 2.46 bits per heavy atom. The van der Waals surface area contributed by atoms with Crippen LogP contribution < -0.4 is 10.2 Å². The molecular formula is C17H17N3O5S. The van der Waals surface area contributed by atoms with Gasteiger partial charge >= 0.3 is 5.69 Å². The number of hydrogen-bond acceptors (Lipinski definition) is 6. The fourth-order valence-corrected chi connectivity index (χ4v) is 3.87. The maximum Gasteiger partial charge on any atom is 0.310 e. The van der Waals surface area contributed by atoms with Crippen LogP contribution in [0.25, 0.3) is 0 Å². The molecule has 3 rings (SSSR count). The molecule has 0 spiro atoms. The molecule has 8 nitrogen and oxygen atoms in total. The highest BCUT2D eigenvalue weighted by molar-refractivity contribution is 7.90. The van der Waals surface area contributed by atoms with Gasteiger partial charge in [-0.15, -0.1) is 0 Å². The first-order valence-electron chi connectivity index (χ1n) is 7.87. The Morgan fingerprint density at radius 2 is 1.85 bits per heavy atom. The standard InChI is InChI=1S/C17H17N3O5S/c1-26(24,25)15-9-5-8-14(17(15)20(22)23)18-12-10-16(21)19(11-12)13-6-3-2-4-7-13/h2-9,12,18H,10-11H2,1H3. The molecule has 0 saturated carbocycles. The van der Waals surface area contributed by atoms with Gasteiger partial charge in [0, 0.05) is 24.9 Å². The van der Waals surface area contributed by atoms with Crippen molar-refractivity contribution in [1.82, 2.24) is 0 Å². The molecule has 1 amide bonds. The molecule has 1 saturated heterocycles. The van der Waals surface area contributed by atoms with Crippen LogP contribution in [0, 0.1) is 10.1 Å². The number of para-hydroxylation sites is 2. The Balaban J connectivity index is 1.89. The molecule has 2 aromatic rings. The van der Waals surface area contributed by atoms with E-state index in [0.717, 1.165) is 11.9 Å². The zero-order chi connectivity index (χ0) is 18.9. The third-order valence-corrected chi connectivity index (χ3v) is 5.26. The SMILES string of the molecule is CS(=O)(=O)c1cccc(NC2CC(=O)N(c3ccccc3)C2)c1[N+](=O)[O-]. The molecule has 1 atom stereocenters. The van der Waals surface area contributed by atoms with Crippen molar-refractivity contribution < 1.29 is 18.1 Å². The lowest BCUT2D eigenvalue weighted by molar-refractivity contribution is -0.386. The zero-order valence-electron chi connectivity index (χ0n) is 14.0. The van der Waals surface area contributed by atoms with Gasteiger partial charge in [-0.05, 0) is 24.3 Å². The quantitative estimate of drug-likeness (QED) is 0.634. The summed E-state index contributed by atoms with van der Waals surface area (Å²) in [5.41, 5.74) is 0.340. The van der Waals surface area contributed by atoms with E-state index in [-0.39, 0.29) is 29.0 Å². The largest absolute Gasteiger partial charge is 0.374 e. The van der Waals surface area contributed by atoms with Gasteiger partial charge in [-0.25, -0.2) is 8.42 Å². The fourth-order valence-electron chi connectivity index (χ4n) is 3.01. The number of carbonyl (C=O) groups is 1. The van der Waals surface area contributed by atoms with Crippen LogP contribution in [0.3, 0.4) is 0 Å². The van der Waals surface area contributed by atoms with Crippen LogP contribution in [0.2, 0.25) is 0 Å². The molecular weight excluding hydrogens is 358 g/mol. The molecule has 1 aliphatic heterocycles. The number of nitro groups is 1. The van der Waals surface area contributed by atoms with Gasteiger partial charge in [0.15, 0.2) is 9.84 Å². The summed E-state index contributed by atoms with van der Waals surface area (Å²) in [6.07, 6.45) is 1.09. The van der Waals surface area contributed by atoms with Crippen LogP contribution in [0.1, 0.15) is 6.42 Å². The fraction of sp³-hybridized carbons (Fsp3) is 0.235. The summed E-state index contributed by atoms with van der Waals surface area (Å²) in [5.74, 6) is -0.101. The smallest absolute Gasteiger partial charge is 0.310 e. The molecule has 1 unspecified atom stereocenters. The first-order valence-corrected chi connectivity index (χ1v) is 9.76. The Kier molecular flexibility index (Phi) is 4.64. The van der Waals surface area contributed by atoms with Crippen molar-refractivity contribution in [3.63, 3.8) is 0 Å². The van der Waals surface area contributed by atoms with Gasteiger partial charge in [0.25, 0.3) is 0 Å². The highest BCUT2D eigenvalue weighted by Crippen LogP contribution is 2.33. The number of sulfone groups is 1. The number of nitro benzene ring substituents is 1. The number of rotatable bonds is 5. The average Bonchev–Trinajstić information content (AvgIpc) is 2.95. The highest BCUT2D eigenvalue weighted by atomic mass is 32.2. The summed E-state index contributed by atoms with van der Waals surface area (Å²) in [4.78, 5) is 24.2. The van der Waals surface area contributed by atoms with Gasteiger partial charge in [0.1, 0.15) is 10.6 Å². The van der Waals surface area contributed by atoms with Crippen LogP contribution in [0.4, 0.5) is 17.1 Å². The molecule has 2 aromatic carbocycles. The van der Waals surface area contributed by atoms with Crippen molar-refractivity contribution in [3.8, 4) is 0 Å². The van der Waals surface area contributed by atoms with Gasteiger partial charge in [-0.1, -0.05) is 24.3 Å². The lowest BCUT2D eigenvalue weighted by Crippen LogP contribution is -2.27. The van der Waals surface area contributed by atoms with E-state index in [1.807, 2.05) is 30.3 Å². The molecule has 0 radical (unpaired) electrons. The van der Waals surface area contributed by atoms with Crippen LogP contribution >= 0.6 is 0 Å². The summed E-state index contributed by atoms with van der Waals surface area (Å²) in [7, 11) is -3.76. The maximum absolute atomic E-state index is 12.3. The molecule has 1 N–H and O–H groups in total. The van der Waals surface area contributed by atoms with E-state index in [0.29, 0.717) is 6.54 Å². The topological polar surface area (TPSA) is 110 Å². The van der Waals surface area contributed by atoms with Crippen LogP contribution in [0.5, 0.6) is 0 Å². The molecule has 0 bridgehead atoms. The van der Waals surface area contributed by atoms with E-state index in [1.54, 1.807) is 4.90 Å². The summed E-state index contributed by atoms with van der Waals surface area (Å²) in [6, 6.07) is 12.8. The number of amides is 1. The predicted molar refractivity (Wildman–Crippen MR) is 97.0 cm³/mol. The van der Waals surface area contributed by atoms with E-state index in [9.17, 15) is 23.3 Å². The Bertz CT molecular complexity index is 960. The van der Waals surface area contributed by atoms with Crippen molar-refractivity contribution in [2.45, 2.75) is 17.4 Å². The summed E-state index contributed by atoms with van der Waals surface area (Å²) in [6.45, 7) is 0.336. The first-order chi connectivity index (χ1) is 12.3. The Morgan fingerprint density at radius 1 is 1.15 bits per heavy atom. The molecule has 1 heterocycles. The number of benzene rings is 2. The number of carbonyl (C=O) groups excluding carboxylic acids is 1. The molecule has 1 fully saturated rings. The first kappa shape index (κ1) is 17.9. The van der Waals surface area contributed by atoms with E-state index in [1.165, 1.54) is 18.2 Å². The maximum atomic E-state index is 12.3. The van der Waals surface area contributed by atoms with E-state index < -0.39 is 20.4 Å². The second-order valence-corrected chi connectivity index (χ2v) is 8.05. The van der Waals surface area contributed by atoms with Crippen molar-refractivity contribution in [3.05, 3.63) is 58.6 Å². The summed E-state index contributed by atoms with van der Waals surface area (Å²) in [5, 5.41) is 14.4. The highest BCUT2D eigenvalue weighted by Gasteiger charge is 2.33. The normalized spacial score (nSPS) is 17.3. The van der Waals surface area contributed by atoms with Crippen LogP contribution in [-0.2, 0) is 14.6 Å². The third-order valence-electron chi connectivity index (χ3n) is 4.13. The van der Waals surface area contributed by atoms with E-state index in [2.05, 4.69) is 5.32 Å².